The summed E-state index contributed by atoms with van der Waals surface area (Å²) in [6.07, 6.45) is 172. The third-order valence-corrected chi connectivity index (χ3v) is 32.5. The zero-order valence-corrected chi connectivity index (χ0v) is 104. The fourth-order valence-corrected chi connectivity index (χ4v) is 22.0. The minimum absolute atomic E-state index is 0.527. The van der Waals surface area contributed by atoms with Gasteiger partial charge in [0.25, 0.3) is 0 Å². The number of carbonyl (C=O) groups is 5. The number of rotatable bonds is 128. The van der Waals surface area contributed by atoms with Crippen molar-refractivity contribution < 1.29 is 34.2 Å². The van der Waals surface area contributed by atoms with Gasteiger partial charge in [-0.3, -0.25) is 19.2 Å². The molecule has 0 fully saturated rings. The van der Waals surface area contributed by atoms with Crippen molar-refractivity contribution in [3.8, 4) is 0 Å². The molecular weight excluding hydrogens is 1810 g/mol. The molecule has 7 nitrogen and oxygen atoms in total. The van der Waals surface area contributed by atoms with Crippen LogP contribution < -0.4 is 0 Å². The Balaban J connectivity index is -0.000000606. The Morgan fingerprint density at radius 3 is 0.176 bits per heavy atom. The molecule has 0 amide bonds. The van der Waals surface area contributed by atoms with E-state index in [1.807, 2.05) is 0 Å². The maximum atomic E-state index is 12.1. The predicted molar refractivity (Wildman–Crippen MR) is 667 cm³/mol. The van der Waals surface area contributed by atoms with Gasteiger partial charge in [-0.05, 0) is 51.4 Å². The average molecular weight is 2090 g/mol. The van der Waals surface area contributed by atoms with E-state index in [1.165, 1.54) is 719 Å². The average Bonchev–Trinajstić information content (AvgIpc) is 1.05. The van der Waals surface area contributed by atoms with E-state index in [4.69, 9.17) is 15.0 Å². The molecule has 0 aliphatic rings. The zero-order chi connectivity index (χ0) is 108. The summed E-state index contributed by atoms with van der Waals surface area (Å²) >= 11 is 0. The molecule has 0 bridgehead atoms. The van der Waals surface area contributed by atoms with Crippen LogP contribution in [-0.4, -0.2) is 39.5 Å². The highest BCUT2D eigenvalue weighted by Gasteiger charge is 2.10. The molecule has 0 rings (SSSR count). The van der Waals surface area contributed by atoms with Gasteiger partial charge in [0.2, 0.25) is 0 Å². The predicted octanol–water partition coefficient (Wildman–Crippen LogP) is 52.5. The molecule has 0 saturated heterocycles. The summed E-state index contributed by atoms with van der Waals surface area (Å²) in [7, 11) is 0. The standard InChI is InChI=1S/4C35H70O.CH2O3/c4*1-3-5-7-9-11-13-15-17-19-21-23-25-27-29-31-33-35(36)34-32-30-28-26-24-22-20-18-16-14-12-10-8-6-4-2;2-1(3)4/h4*3-34H2,1-2H3;(H2,2,3,4). The van der Waals surface area contributed by atoms with Crippen LogP contribution in [0.3, 0.4) is 0 Å². The van der Waals surface area contributed by atoms with Gasteiger partial charge in [0.1, 0.15) is 23.1 Å². The van der Waals surface area contributed by atoms with E-state index in [-0.39, 0.29) is 0 Å². The van der Waals surface area contributed by atoms with E-state index in [2.05, 4.69) is 55.4 Å². The largest absolute Gasteiger partial charge is 0.503 e. The highest BCUT2D eigenvalue weighted by molar-refractivity contribution is 5.79. The van der Waals surface area contributed by atoms with E-state index in [1.54, 1.807) is 0 Å². The number of Topliss-reactive ketones (excluding diaryl/α,β-unsaturated/α-hetero) is 4. The number of ketones is 4. The van der Waals surface area contributed by atoms with Crippen LogP contribution in [0.4, 0.5) is 4.79 Å². The summed E-state index contributed by atoms with van der Waals surface area (Å²) in [5.74, 6) is 2.11. The Hall–Kier alpha value is -2.05. The smallest absolute Gasteiger partial charge is 0.450 e. The van der Waals surface area contributed by atoms with Crippen LogP contribution in [0.2, 0.25) is 0 Å². The first kappa shape index (κ1) is 154. The summed E-state index contributed by atoms with van der Waals surface area (Å²) in [5, 5.41) is 13.9. The monoisotopic (exact) mass is 2090 g/mol. The van der Waals surface area contributed by atoms with Gasteiger partial charge in [0.15, 0.2) is 0 Å². The van der Waals surface area contributed by atoms with Crippen LogP contribution >= 0.6 is 0 Å². The molecule has 0 saturated carbocycles. The van der Waals surface area contributed by atoms with Crippen LogP contribution in [0, 0.1) is 0 Å². The molecule has 0 aliphatic heterocycles. The van der Waals surface area contributed by atoms with Crippen molar-refractivity contribution in [2.24, 2.45) is 0 Å². The van der Waals surface area contributed by atoms with Gasteiger partial charge in [0.05, 0.1) is 0 Å². The minimum Gasteiger partial charge on any atom is -0.450 e. The van der Waals surface area contributed by atoms with Crippen molar-refractivity contribution in [2.75, 3.05) is 0 Å². The first-order valence-electron chi connectivity index (χ1n) is 70.0. The molecule has 0 aliphatic carbocycles. The van der Waals surface area contributed by atoms with Crippen LogP contribution in [0.5, 0.6) is 0 Å². The van der Waals surface area contributed by atoms with E-state index < -0.39 is 6.16 Å². The van der Waals surface area contributed by atoms with E-state index in [9.17, 15) is 19.2 Å². The molecule has 2 N–H and O–H groups in total. The zero-order valence-electron chi connectivity index (χ0n) is 104. The van der Waals surface area contributed by atoms with Crippen molar-refractivity contribution in [1.82, 2.24) is 0 Å². The molecular formula is C141H282O7. The summed E-state index contributed by atoms with van der Waals surface area (Å²) in [6, 6.07) is 0. The Kier molecular flexibility index (Phi) is 158. The maximum absolute atomic E-state index is 12.1. The van der Waals surface area contributed by atoms with Gasteiger partial charge in [0, 0.05) is 51.4 Å². The van der Waals surface area contributed by atoms with E-state index in [0.717, 1.165) is 103 Å². The fraction of sp³-hybridized carbons (Fsp3) is 0.965. The summed E-state index contributed by atoms with van der Waals surface area (Å²) in [5.41, 5.74) is 0. The first-order chi connectivity index (χ1) is 73.0. The van der Waals surface area contributed by atoms with Crippen LogP contribution in [0.25, 0.3) is 0 Å². The summed E-state index contributed by atoms with van der Waals surface area (Å²) in [6.45, 7) is 18.3. The second kappa shape index (κ2) is 151. The number of hydrogen-bond donors (Lipinski definition) is 2. The SMILES string of the molecule is CCCCCCCCCCCCCCCCCC(=O)CCCCCCCCCCCCCCCCC.CCCCCCCCCCCCCCCCCC(=O)CCCCCCCCCCCCCCCCC.CCCCCCCCCCCCCCCCCC(=O)CCCCCCCCCCCCCCCCC.CCCCCCCCCCCCCCCCCC(=O)CCCCCCCCCCCCCCCCC.O=C(O)O. The van der Waals surface area contributed by atoms with Gasteiger partial charge < -0.3 is 10.2 Å². The summed E-state index contributed by atoms with van der Waals surface area (Å²) in [4.78, 5) is 57.0. The third kappa shape index (κ3) is 164. The van der Waals surface area contributed by atoms with E-state index in [0.29, 0.717) is 23.1 Å². The molecule has 0 aromatic carbocycles. The lowest BCUT2D eigenvalue weighted by Crippen LogP contribution is -1.97. The Labute approximate surface area is 934 Å². The molecule has 888 valence electrons. The molecule has 0 aromatic rings. The molecule has 0 unspecified atom stereocenters. The van der Waals surface area contributed by atoms with Crippen molar-refractivity contribution >= 4 is 29.3 Å². The van der Waals surface area contributed by atoms with Gasteiger partial charge in [-0.15, -0.1) is 0 Å². The molecule has 0 aromatic heterocycles. The van der Waals surface area contributed by atoms with Gasteiger partial charge in [-0.25, -0.2) is 4.79 Å². The molecule has 0 heterocycles. The minimum atomic E-state index is -1.83. The van der Waals surface area contributed by atoms with Gasteiger partial charge in [-0.1, -0.05) is 775 Å². The Morgan fingerprint density at radius 1 is 0.0878 bits per heavy atom. The van der Waals surface area contributed by atoms with Crippen LogP contribution in [0.15, 0.2) is 0 Å². The molecule has 0 radical (unpaired) electrons. The van der Waals surface area contributed by atoms with Crippen molar-refractivity contribution in [3.63, 3.8) is 0 Å². The van der Waals surface area contributed by atoms with Crippen molar-refractivity contribution in [1.29, 1.82) is 0 Å². The molecule has 148 heavy (non-hydrogen) atoms. The second-order valence-corrected chi connectivity index (χ2v) is 48.0. The Morgan fingerprint density at radius 2 is 0.128 bits per heavy atom. The van der Waals surface area contributed by atoms with Gasteiger partial charge >= 0.3 is 6.16 Å². The van der Waals surface area contributed by atoms with Crippen molar-refractivity contribution in [2.45, 2.75) is 877 Å². The molecule has 7 heteroatoms. The van der Waals surface area contributed by atoms with Crippen LogP contribution in [-0.2, 0) is 19.2 Å². The van der Waals surface area contributed by atoms with Crippen molar-refractivity contribution in [3.05, 3.63) is 0 Å². The Bertz CT molecular complexity index is 1880. The first-order valence-corrected chi connectivity index (χ1v) is 70.0. The lowest BCUT2D eigenvalue weighted by atomic mass is 10.0. The second-order valence-electron chi connectivity index (χ2n) is 48.0. The number of carbonyl (C=O) groups excluding carboxylic acids is 4. The lowest BCUT2D eigenvalue weighted by Gasteiger charge is -2.04. The fourth-order valence-electron chi connectivity index (χ4n) is 22.0. The molecule has 0 atom stereocenters. The highest BCUT2D eigenvalue weighted by Crippen LogP contribution is 2.26. The number of hydrogen-bond acceptors (Lipinski definition) is 5. The molecule has 0 spiro atoms. The third-order valence-electron chi connectivity index (χ3n) is 32.5. The van der Waals surface area contributed by atoms with Crippen LogP contribution in [0.1, 0.15) is 877 Å². The summed E-state index contributed by atoms with van der Waals surface area (Å²) < 4.78 is 0. The topological polar surface area (TPSA) is 126 Å². The number of unbranched alkanes of at least 4 members (excludes halogenated alkanes) is 112. The normalized spacial score (nSPS) is 11.2. The lowest BCUT2D eigenvalue weighted by molar-refractivity contribution is -0.120. The maximum Gasteiger partial charge on any atom is 0.503 e. The van der Waals surface area contributed by atoms with Gasteiger partial charge in [-0.2, -0.15) is 0 Å². The number of carboxylic acid groups (broad SMARTS) is 2. The van der Waals surface area contributed by atoms with E-state index >= 15 is 0 Å². The quantitative estimate of drug-likeness (QED) is 0.0581. The highest BCUT2D eigenvalue weighted by atomic mass is 16.6.